The molecule has 44 heavy (non-hydrogen) atoms. The van der Waals surface area contributed by atoms with Gasteiger partial charge in [0.1, 0.15) is 24.6 Å². The van der Waals surface area contributed by atoms with E-state index in [1.807, 2.05) is 24.3 Å². The zero-order valence-electron chi connectivity index (χ0n) is 27.8. The van der Waals surface area contributed by atoms with Crippen LogP contribution < -0.4 is 20.1 Å². The lowest BCUT2D eigenvalue weighted by Gasteiger charge is -2.37. The monoisotopic (exact) mass is 606 g/mol. The normalized spacial score (nSPS) is 13.8. The Morgan fingerprint density at radius 1 is 0.591 bits per heavy atom. The Hall–Kier alpha value is -3.62. The third kappa shape index (κ3) is 9.19. The molecule has 8 nitrogen and oxygen atoms in total. The summed E-state index contributed by atoms with van der Waals surface area (Å²) in [6.45, 7) is 17.9. The van der Waals surface area contributed by atoms with E-state index >= 15 is 0 Å². The lowest BCUT2D eigenvalue weighted by molar-refractivity contribution is -0.937. The molecule has 0 bridgehead atoms. The average molecular weight is 607 g/mol. The van der Waals surface area contributed by atoms with E-state index in [9.17, 15) is 9.59 Å². The van der Waals surface area contributed by atoms with Gasteiger partial charge < -0.3 is 29.1 Å². The minimum atomic E-state index is -0.156. The van der Waals surface area contributed by atoms with Gasteiger partial charge in [-0.2, -0.15) is 0 Å². The summed E-state index contributed by atoms with van der Waals surface area (Å²) in [5.74, 6) is 1.53. The summed E-state index contributed by atoms with van der Waals surface area (Å²) in [5.41, 5.74) is 3.16. The molecule has 0 amide bonds. The number of allylic oxidation sites excluding steroid dienone is 2. The topological polar surface area (TPSA) is 76.7 Å². The molecule has 8 heteroatoms. The third-order valence-corrected chi connectivity index (χ3v) is 9.41. The van der Waals surface area contributed by atoms with Crippen molar-refractivity contribution in [2.24, 2.45) is 0 Å². The van der Waals surface area contributed by atoms with Crippen molar-refractivity contribution in [3.63, 3.8) is 0 Å². The number of methoxy groups -OCH3 is 2. The number of benzene rings is 2. The highest BCUT2D eigenvalue weighted by Crippen LogP contribution is 2.25. The number of ketones is 2. The van der Waals surface area contributed by atoms with Crippen LogP contribution in [0.25, 0.3) is 0 Å². The molecule has 0 fully saturated rings. The van der Waals surface area contributed by atoms with Gasteiger partial charge >= 0.3 is 0 Å². The van der Waals surface area contributed by atoms with Gasteiger partial charge in [-0.25, -0.2) is 0 Å². The van der Waals surface area contributed by atoms with E-state index in [2.05, 4.69) is 62.6 Å². The molecule has 2 N–H and O–H groups in total. The van der Waals surface area contributed by atoms with Crippen molar-refractivity contribution in [2.45, 2.75) is 53.6 Å². The first-order valence-electron chi connectivity index (χ1n) is 16.2. The van der Waals surface area contributed by atoms with E-state index in [-0.39, 0.29) is 11.6 Å². The summed E-state index contributed by atoms with van der Waals surface area (Å²) in [6, 6.07) is 16.4. The van der Waals surface area contributed by atoms with E-state index in [1.54, 1.807) is 14.2 Å². The fraction of sp³-hybridized carbons (Fsp3) is 0.500. The maximum absolute atomic E-state index is 12.9. The summed E-state index contributed by atoms with van der Waals surface area (Å²) >= 11 is 0. The number of carbonyl (C=O) groups is 2. The van der Waals surface area contributed by atoms with Crippen molar-refractivity contribution in [1.82, 2.24) is 10.6 Å². The van der Waals surface area contributed by atoms with E-state index in [1.165, 1.54) is 23.3 Å². The van der Waals surface area contributed by atoms with Gasteiger partial charge in [0.25, 0.3) is 0 Å². The first-order chi connectivity index (χ1) is 21.3. The Morgan fingerprint density at radius 3 is 1.30 bits per heavy atom. The molecule has 0 saturated carbocycles. The molecule has 0 aliphatic heterocycles. The van der Waals surface area contributed by atoms with Crippen LogP contribution in [-0.2, 0) is 22.7 Å². The Bertz CT molecular complexity index is 1200. The molecule has 0 radical (unpaired) electrons. The number of carbonyl (C=O) groups excluding carboxylic acids is 2. The number of rotatable bonds is 20. The highest BCUT2D eigenvalue weighted by atomic mass is 16.5. The van der Waals surface area contributed by atoms with Crippen LogP contribution >= 0.6 is 0 Å². The molecule has 0 saturated heterocycles. The minimum Gasteiger partial charge on any atom is -0.496 e. The van der Waals surface area contributed by atoms with Crippen LogP contribution in [0.1, 0.15) is 51.7 Å². The molecular weight excluding hydrogens is 552 g/mol. The van der Waals surface area contributed by atoms with E-state index in [0.717, 1.165) is 85.7 Å². The maximum atomic E-state index is 12.9. The van der Waals surface area contributed by atoms with Crippen LogP contribution in [-0.4, -0.2) is 87.1 Å². The molecular formula is C36H54N4O4+2. The highest BCUT2D eigenvalue weighted by Gasteiger charge is 2.27. The summed E-state index contributed by atoms with van der Waals surface area (Å²) in [4.78, 5) is 25.8. The summed E-state index contributed by atoms with van der Waals surface area (Å²) < 4.78 is 13.0. The van der Waals surface area contributed by atoms with Gasteiger partial charge in [-0.05, 0) is 52.0 Å². The molecule has 240 valence electrons. The van der Waals surface area contributed by atoms with Crippen LogP contribution in [0.3, 0.4) is 0 Å². The van der Waals surface area contributed by atoms with Crippen molar-refractivity contribution < 1.29 is 28.0 Å². The Balaban J connectivity index is 1.48. The van der Waals surface area contributed by atoms with Crippen molar-refractivity contribution in [1.29, 1.82) is 0 Å². The first-order valence-corrected chi connectivity index (χ1v) is 16.2. The van der Waals surface area contributed by atoms with Crippen molar-refractivity contribution in [3.05, 3.63) is 83.2 Å². The second kappa shape index (κ2) is 17.0. The number of nitrogens with one attached hydrogen (secondary N) is 2. The van der Waals surface area contributed by atoms with Gasteiger partial charge in [0, 0.05) is 49.2 Å². The van der Waals surface area contributed by atoms with Crippen LogP contribution in [0.5, 0.6) is 11.5 Å². The van der Waals surface area contributed by atoms with Crippen LogP contribution in [0, 0.1) is 0 Å². The summed E-state index contributed by atoms with van der Waals surface area (Å²) in [5, 5.41) is 6.47. The molecule has 2 aromatic carbocycles. The second-order valence-electron chi connectivity index (χ2n) is 11.7. The fourth-order valence-corrected chi connectivity index (χ4v) is 6.19. The average Bonchev–Trinajstić information content (AvgIpc) is 3.06. The maximum Gasteiger partial charge on any atom is 0.203 e. The van der Waals surface area contributed by atoms with Crippen LogP contribution in [0.2, 0.25) is 0 Å². The van der Waals surface area contributed by atoms with E-state index in [0.29, 0.717) is 24.5 Å². The van der Waals surface area contributed by atoms with Crippen LogP contribution in [0.4, 0.5) is 0 Å². The Morgan fingerprint density at radius 2 is 0.955 bits per heavy atom. The lowest BCUT2D eigenvalue weighted by Crippen LogP contribution is -2.48. The van der Waals surface area contributed by atoms with Gasteiger partial charge in [-0.15, -0.1) is 0 Å². The summed E-state index contributed by atoms with van der Waals surface area (Å²) in [6.07, 6.45) is 4.66. The zero-order chi connectivity index (χ0) is 32.0. The molecule has 0 spiro atoms. The number of para-hydroxylation sites is 2. The standard InChI is InChI=1S/C36H52N4O4/c1-7-39(8-2,27-29-17-11-13-19-35(29)43-5)23-15-21-37-31-25-34(42)32(26-33(31)41)38-22-16-24-40(9-3,10-4)28-30-18-12-14-20-36(30)44-6/h11-14,17-20,25-26H,7-10,15-16,21-24,27-28H2,1-6H3/p+2. The first kappa shape index (κ1) is 34.9. The number of nitrogens with zero attached hydrogens (tertiary/aromatic N) is 2. The fourth-order valence-electron chi connectivity index (χ4n) is 6.19. The molecule has 0 heterocycles. The molecule has 1 aliphatic rings. The quantitative estimate of drug-likeness (QED) is 0.126. The number of hydrogen-bond acceptors (Lipinski definition) is 6. The molecule has 3 rings (SSSR count). The largest absolute Gasteiger partial charge is 0.496 e. The van der Waals surface area contributed by atoms with Crippen molar-refractivity contribution in [2.75, 3.05) is 66.6 Å². The molecule has 0 unspecified atom stereocenters. The predicted octanol–water partition coefficient (Wildman–Crippen LogP) is 5.00. The third-order valence-electron chi connectivity index (χ3n) is 9.41. The van der Waals surface area contributed by atoms with Gasteiger partial charge in [-0.3, -0.25) is 9.59 Å². The van der Waals surface area contributed by atoms with Gasteiger partial charge in [0.2, 0.25) is 11.6 Å². The molecule has 2 aromatic rings. The Kier molecular flexibility index (Phi) is 13.5. The minimum absolute atomic E-state index is 0.156. The van der Waals surface area contributed by atoms with Crippen molar-refractivity contribution >= 4 is 11.6 Å². The second-order valence-corrected chi connectivity index (χ2v) is 11.7. The van der Waals surface area contributed by atoms with Crippen LogP contribution in [0.15, 0.2) is 72.1 Å². The molecule has 0 atom stereocenters. The molecule has 1 aliphatic carbocycles. The zero-order valence-corrected chi connectivity index (χ0v) is 27.8. The van der Waals surface area contributed by atoms with E-state index in [4.69, 9.17) is 9.47 Å². The smallest absolute Gasteiger partial charge is 0.203 e. The highest BCUT2D eigenvalue weighted by molar-refractivity contribution is 6.19. The summed E-state index contributed by atoms with van der Waals surface area (Å²) in [7, 11) is 3.43. The lowest BCUT2D eigenvalue weighted by atomic mass is 10.1. The van der Waals surface area contributed by atoms with E-state index < -0.39 is 0 Å². The number of ether oxygens (including phenoxy) is 2. The number of hydrogen-bond donors (Lipinski definition) is 2. The predicted molar refractivity (Wildman–Crippen MR) is 177 cm³/mol. The Labute approximate surface area is 264 Å². The molecule has 0 aromatic heterocycles. The SMILES string of the molecule is CC[N+](CC)(CCCNC1=CC(=O)C(NCCC[N+](CC)(CC)Cc2ccccc2OC)=CC1=O)Cc1ccccc1OC. The van der Waals surface area contributed by atoms with Gasteiger partial charge in [0.15, 0.2) is 0 Å². The number of quaternary nitrogens is 2. The van der Waals surface area contributed by atoms with Gasteiger partial charge in [0.05, 0.1) is 64.9 Å². The van der Waals surface area contributed by atoms with Crippen molar-refractivity contribution in [3.8, 4) is 11.5 Å². The van der Waals surface area contributed by atoms with Gasteiger partial charge in [-0.1, -0.05) is 24.3 Å².